The fourth-order valence-electron chi connectivity index (χ4n) is 2.94. The van der Waals surface area contributed by atoms with E-state index in [1.807, 2.05) is 6.07 Å². The number of rotatable bonds is 6. The van der Waals surface area contributed by atoms with Gasteiger partial charge in [-0.2, -0.15) is 5.26 Å². The Labute approximate surface area is 182 Å². The number of nitrogens with one attached hydrogen (secondary N) is 1. The minimum absolute atomic E-state index is 0.214. The molecule has 0 spiro atoms. The van der Waals surface area contributed by atoms with Crippen LogP contribution < -0.4 is 14.8 Å². The maximum atomic E-state index is 14.2. The molecule has 0 saturated carbocycles. The maximum Gasteiger partial charge on any atom is 0.163 e. The van der Waals surface area contributed by atoms with Gasteiger partial charge in [0, 0.05) is 22.7 Å². The summed E-state index contributed by atoms with van der Waals surface area (Å²) in [7, 11) is 1.52. The van der Waals surface area contributed by atoms with Crippen molar-refractivity contribution in [1.82, 2.24) is 15.0 Å². The molecule has 0 bridgehead atoms. The van der Waals surface area contributed by atoms with E-state index in [9.17, 15) is 4.39 Å². The van der Waals surface area contributed by atoms with Gasteiger partial charge >= 0.3 is 0 Å². The number of anilines is 2. The second-order valence-electron chi connectivity index (χ2n) is 6.44. The summed E-state index contributed by atoms with van der Waals surface area (Å²) in [6.07, 6.45) is 2.92. The van der Waals surface area contributed by atoms with E-state index in [4.69, 9.17) is 26.3 Å². The molecule has 9 heteroatoms. The number of ether oxygens (including phenoxy) is 2. The lowest BCUT2D eigenvalue weighted by Gasteiger charge is -2.14. The van der Waals surface area contributed by atoms with Crippen molar-refractivity contribution >= 4 is 34.0 Å². The van der Waals surface area contributed by atoms with E-state index < -0.39 is 5.82 Å². The van der Waals surface area contributed by atoms with Crippen LogP contribution in [0.2, 0.25) is 5.02 Å². The highest BCUT2D eigenvalue weighted by Crippen LogP contribution is 2.35. The number of methoxy groups -OCH3 is 1. The number of pyridine rings is 1. The highest BCUT2D eigenvalue weighted by molar-refractivity contribution is 6.30. The van der Waals surface area contributed by atoms with E-state index in [1.54, 1.807) is 36.5 Å². The molecule has 0 aliphatic heterocycles. The molecule has 2 aromatic heterocycles. The van der Waals surface area contributed by atoms with Gasteiger partial charge in [0.15, 0.2) is 11.5 Å². The standard InChI is InChI=1S/C22H15ClFN5O2/c1-30-20-8-16-19(9-21(20)31-11-13-4-5-26-15(6-13)10-25)27-12-28-22(16)29-18-3-2-14(23)7-17(18)24/h2-9,12H,11H2,1H3,(H,27,28,29). The average Bonchev–Trinajstić information content (AvgIpc) is 2.79. The van der Waals surface area contributed by atoms with Crippen molar-refractivity contribution < 1.29 is 13.9 Å². The first kappa shape index (κ1) is 20.3. The van der Waals surface area contributed by atoms with Gasteiger partial charge in [-0.05, 0) is 42.0 Å². The molecular formula is C22H15ClFN5O2. The van der Waals surface area contributed by atoms with Gasteiger partial charge in [0.2, 0.25) is 0 Å². The van der Waals surface area contributed by atoms with Crippen molar-refractivity contribution in [2.75, 3.05) is 12.4 Å². The Morgan fingerprint density at radius 2 is 1.97 bits per heavy atom. The molecule has 0 radical (unpaired) electrons. The molecule has 0 saturated heterocycles. The lowest BCUT2D eigenvalue weighted by atomic mass is 10.2. The van der Waals surface area contributed by atoms with Gasteiger partial charge in [-0.15, -0.1) is 0 Å². The molecular weight excluding hydrogens is 421 g/mol. The van der Waals surface area contributed by atoms with Crippen LogP contribution in [-0.4, -0.2) is 22.1 Å². The first-order chi connectivity index (χ1) is 15.1. The average molecular weight is 436 g/mol. The zero-order valence-electron chi connectivity index (χ0n) is 16.3. The summed E-state index contributed by atoms with van der Waals surface area (Å²) < 4.78 is 25.6. The molecule has 0 aliphatic rings. The molecule has 2 aromatic carbocycles. The summed E-state index contributed by atoms with van der Waals surface area (Å²) in [5, 5.41) is 12.9. The Bertz CT molecular complexity index is 1310. The first-order valence-electron chi connectivity index (χ1n) is 9.10. The van der Waals surface area contributed by atoms with Crippen molar-refractivity contribution in [3.05, 3.63) is 77.1 Å². The SMILES string of the molecule is COc1cc2c(Nc3ccc(Cl)cc3F)ncnc2cc1OCc1ccnc(C#N)c1. The zero-order chi connectivity index (χ0) is 21.8. The number of aromatic nitrogens is 3. The minimum atomic E-state index is -0.500. The summed E-state index contributed by atoms with van der Waals surface area (Å²) in [4.78, 5) is 12.5. The van der Waals surface area contributed by atoms with E-state index in [-0.39, 0.29) is 12.3 Å². The van der Waals surface area contributed by atoms with Gasteiger partial charge in [0.1, 0.15) is 36.3 Å². The van der Waals surface area contributed by atoms with Crippen LogP contribution >= 0.6 is 11.6 Å². The van der Waals surface area contributed by atoms with Crippen LogP contribution in [0.3, 0.4) is 0 Å². The molecule has 2 heterocycles. The van der Waals surface area contributed by atoms with Crippen molar-refractivity contribution in [2.45, 2.75) is 6.61 Å². The van der Waals surface area contributed by atoms with Crippen molar-refractivity contribution in [3.63, 3.8) is 0 Å². The minimum Gasteiger partial charge on any atom is -0.493 e. The third kappa shape index (κ3) is 4.47. The predicted octanol–water partition coefficient (Wildman–Crippen LogP) is 5.02. The number of hydrogen-bond donors (Lipinski definition) is 1. The molecule has 7 nitrogen and oxygen atoms in total. The van der Waals surface area contributed by atoms with Gasteiger partial charge in [-0.3, -0.25) is 0 Å². The Kier molecular flexibility index (Phi) is 5.78. The highest BCUT2D eigenvalue weighted by atomic mass is 35.5. The third-order valence-electron chi connectivity index (χ3n) is 4.44. The Hall–Kier alpha value is -3.96. The number of hydrogen-bond acceptors (Lipinski definition) is 7. The lowest BCUT2D eigenvalue weighted by molar-refractivity contribution is 0.285. The number of benzene rings is 2. The molecule has 4 aromatic rings. The number of fused-ring (bicyclic) bond motifs is 1. The molecule has 0 aliphatic carbocycles. The van der Waals surface area contributed by atoms with Crippen LogP contribution in [-0.2, 0) is 6.61 Å². The number of nitriles is 1. The smallest absolute Gasteiger partial charge is 0.163 e. The second-order valence-corrected chi connectivity index (χ2v) is 6.88. The van der Waals surface area contributed by atoms with E-state index in [1.165, 1.54) is 25.6 Å². The third-order valence-corrected chi connectivity index (χ3v) is 4.67. The normalized spacial score (nSPS) is 10.5. The molecule has 0 unspecified atom stereocenters. The van der Waals surface area contributed by atoms with Crippen molar-refractivity contribution in [3.8, 4) is 17.6 Å². The molecule has 0 fully saturated rings. The summed E-state index contributed by atoms with van der Waals surface area (Å²) >= 11 is 5.82. The molecule has 0 atom stereocenters. The van der Waals surface area contributed by atoms with Crippen LogP contribution in [0, 0.1) is 17.1 Å². The monoisotopic (exact) mass is 435 g/mol. The van der Waals surface area contributed by atoms with Gasteiger partial charge in [0.25, 0.3) is 0 Å². The van der Waals surface area contributed by atoms with E-state index in [2.05, 4.69) is 20.3 Å². The van der Waals surface area contributed by atoms with Gasteiger partial charge in [0.05, 0.1) is 18.3 Å². The van der Waals surface area contributed by atoms with Crippen LogP contribution in [0.1, 0.15) is 11.3 Å². The fraction of sp³-hybridized carbons (Fsp3) is 0.0909. The predicted molar refractivity (Wildman–Crippen MR) is 114 cm³/mol. The molecule has 4 rings (SSSR count). The first-order valence-corrected chi connectivity index (χ1v) is 9.48. The molecule has 0 amide bonds. The zero-order valence-corrected chi connectivity index (χ0v) is 17.0. The van der Waals surface area contributed by atoms with Crippen LogP contribution in [0.25, 0.3) is 10.9 Å². The number of nitrogens with zero attached hydrogens (tertiary/aromatic N) is 4. The fourth-order valence-corrected chi connectivity index (χ4v) is 3.10. The summed E-state index contributed by atoms with van der Waals surface area (Å²) in [6, 6.07) is 13.2. The topological polar surface area (TPSA) is 92.9 Å². The quantitative estimate of drug-likeness (QED) is 0.454. The highest BCUT2D eigenvalue weighted by Gasteiger charge is 2.13. The number of halogens is 2. The Morgan fingerprint density at radius 1 is 1.10 bits per heavy atom. The van der Waals surface area contributed by atoms with Gasteiger partial charge in [-0.1, -0.05) is 11.6 Å². The lowest BCUT2D eigenvalue weighted by Crippen LogP contribution is -2.01. The van der Waals surface area contributed by atoms with Crippen LogP contribution in [0.15, 0.2) is 55.0 Å². The Morgan fingerprint density at radius 3 is 2.74 bits per heavy atom. The van der Waals surface area contributed by atoms with Crippen molar-refractivity contribution in [1.29, 1.82) is 5.26 Å². The van der Waals surface area contributed by atoms with Gasteiger partial charge < -0.3 is 14.8 Å². The summed E-state index contributed by atoms with van der Waals surface area (Å²) in [5.74, 6) is 0.827. The summed E-state index contributed by atoms with van der Waals surface area (Å²) in [6.45, 7) is 0.214. The van der Waals surface area contributed by atoms with Crippen LogP contribution in [0.4, 0.5) is 15.9 Å². The van der Waals surface area contributed by atoms with E-state index in [0.29, 0.717) is 38.9 Å². The van der Waals surface area contributed by atoms with Crippen LogP contribution in [0.5, 0.6) is 11.5 Å². The maximum absolute atomic E-state index is 14.2. The molecule has 31 heavy (non-hydrogen) atoms. The van der Waals surface area contributed by atoms with Crippen molar-refractivity contribution in [2.24, 2.45) is 0 Å². The Balaban J connectivity index is 1.65. The van der Waals surface area contributed by atoms with E-state index in [0.717, 1.165) is 5.56 Å². The largest absolute Gasteiger partial charge is 0.493 e. The van der Waals surface area contributed by atoms with Gasteiger partial charge in [-0.25, -0.2) is 19.3 Å². The summed E-state index contributed by atoms with van der Waals surface area (Å²) in [5.41, 5.74) is 1.91. The molecule has 154 valence electrons. The second kappa shape index (κ2) is 8.81. The molecule has 1 N–H and O–H groups in total. The van der Waals surface area contributed by atoms with E-state index >= 15 is 0 Å².